The van der Waals surface area contributed by atoms with Crippen molar-refractivity contribution in [1.82, 2.24) is 10.2 Å². The Balaban J connectivity index is 1.71. The molecule has 0 bridgehead atoms. The number of likely N-dealkylation sites (tertiary alicyclic amines) is 1. The largest absolute Gasteiger partial charge is 0.311 e. The van der Waals surface area contributed by atoms with Crippen LogP contribution in [0.25, 0.3) is 0 Å². The first kappa shape index (κ1) is 14.3. The Morgan fingerprint density at radius 3 is 2.22 bits per heavy atom. The van der Waals surface area contributed by atoms with Crippen LogP contribution in [-0.2, 0) is 0 Å². The molecule has 0 spiro atoms. The standard InChI is InChI=1S/C16H32N2/c1-13(2)18-11-9-16(10-12-18)17-15-6-4-5-14(3)7-8-15/h13-17H,4-12H2,1-3H3. The molecular formula is C16H32N2. The molecule has 1 aliphatic heterocycles. The average molecular weight is 252 g/mol. The smallest absolute Gasteiger partial charge is 0.00940 e. The third-order valence-electron chi connectivity index (χ3n) is 4.99. The maximum atomic E-state index is 3.95. The number of hydrogen-bond donors (Lipinski definition) is 1. The topological polar surface area (TPSA) is 15.3 Å². The van der Waals surface area contributed by atoms with Gasteiger partial charge in [-0.25, -0.2) is 0 Å². The lowest BCUT2D eigenvalue weighted by atomic mass is 10.00. The van der Waals surface area contributed by atoms with E-state index < -0.39 is 0 Å². The highest BCUT2D eigenvalue weighted by atomic mass is 15.2. The third kappa shape index (κ3) is 4.24. The van der Waals surface area contributed by atoms with Gasteiger partial charge in [0.2, 0.25) is 0 Å². The van der Waals surface area contributed by atoms with Gasteiger partial charge in [0.1, 0.15) is 0 Å². The molecule has 0 aromatic heterocycles. The van der Waals surface area contributed by atoms with Crippen molar-refractivity contribution >= 4 is 0 Å². The van der Waals surface area contributed by atoms with E-state index in [1.165, 1.54) is 58.0 Å². The van der Waals surface area contributed by atoms with Gasteiger partial charge in [0, 0.05) is 18.1 Å². The molecule has 0 aromatic carbocycles. The lowest BCUT2D eigenvalue weighted by Crippen LogP contribution is -2.47. The Labute approximate surface area is 114 Å². The fraction of sp³-hybridized carbons (Fsp3) is 1.00. The predicted molar refractivity (Wildman–Crippen MR) is 78.9 cm³/mol. The summed E-state index contributed by atoms with van der Waals surface area (Å²) < 4.78 is 0. The molecular weight excluding hydrogens is 220 g/mol. The van der Waals surface area contributed by atoms with E-state index in [4.69, 9.17) is 0 Å². The molecule has 2 fully saturated rings. The van der Waals surface area contributed by atoms with E-state index >= 15 is 0 Å². The summed E-state index contributed by atoms with van der Waals surface area (Å²) in [4.78, 5) is 2.62. The van der Waals surface area contributed by atoms with Crippen LogP contribution >= 0.6 is 0 Å². The van der Waals surface area contributed by atoms with Gasteiger partial charge in [-0.2, -0.15) is 0 Å². The van der Waals surface area contributed by atoms with Crippen molar-refractivity contribution in [2.24, 2.45) is 5.92 Å². The van der Waals surface area contributed by atoms with Gasteiger partial charge in [-0.05, 0) is 65.0 Å². The van der Waals surface area contributed by atoms with Crippen LogP contribution in [-0.4, -0.2) is 36.1 Å². The second-order valence-electron chi connectivity index (χ2n) is 6.88. The number of nitrogens with zero attached hydrogens (tertiary/aromatic N) is 1. The van der Waals surface area contributed by atoms with Crippen LogP contribution in [0, 0.1) is 5.92 Å². The zero-order valence-electron chi connectivity index (χ0n) is 12.6. The van der Waals surface area contributed by atoms with Gasteiger partial charge >= 0.3 is 0 Å². The van der Waals surface area contributed by atoms with Crippen molar-refractivity contribution in [1.29, 1.82) is 0 Å². The highest BCUT2D eigenvalue weighted by Crippen LogP contribution is 2.24. The molecule has 1 saturated carbocycles. The van der Waals surface area contributed by atoms with E-state index in [9.17, 15) is 0 Å². The Morgan fingerprint density at radius 2 is 1.56 bits per heavy atom. The summed E-state index contributed by atoms with van der Waals surface area (Å²) in [5, 5.41) is 3.95. The molecule has 18 heavy (non-hydrogen) atoms. The molecule has 2 nitrogen and oxygen atoms in total. The summed E-state index contributed by atoms with van der Waals surface area (Å²) in [5.74, 6) is 0.958. The predicted octanol–water partition coefficient (Wildman–Crippen LogP) is 3.42. The summed E-state index contributed by atoms with van der Waals surface area (Å²) in [6.45, 7) is 9.64. The Bertz CT molecular complexity index is 231. The highest BCUT2D eigenvalue weighted by molar-refractivity contribution is 4.83. The lowest BCUT2D eigenvalue weighted by molar-refractivity contribution is 0.155. The van der Waals surface area contributed by atoms with Crippen LogP contribution in [0.4, 0.5) is 0 Å². The maximum Gasteiger partial charge on any atom is 0.00940 e. The maximum absolute atomic E-state index is 3.95. The van der Waals surface area contributed by atoms with Gasteiger partial charge in [-0.15, -0.1) is 0 Å². The van der Waals surface area contributed by atoms with Crippen molar-refractivity contribution in [2.45, 2.75) is 83.8 Å². The molecule has 1 heterocycles. The quantitative estimate of drug-likeness (QED) is 0.774. The van der Waals surface area contributed by atoms with Crippen LogP contribution < -0.4 is 5.32 Å². The van der Waals surface area contributed by atoms with E-state index in [1.807, 2.05) is 0 Å². The van der Waals surface area contributed by atoms with E-state index in [0.29, 0.717) is 0 Å². The minimum Gasteiger partial charge on any atom is -0.311 e. The zero-order valence-corrected chi connectivity index (χ0v) is 12.6. The monoisotopic (exact) mass is 252 g/mol. The van der Waals surface area contributed by atoms with Crippen LogP contribution in [0.5, 0.6) is 0 Å². The molecule has 2 atom stereocenters. The Kier molecular flexibility index (Phi) is 5.50. The van der Waals surface area contributed by atoms with Crippen molar-refractivity contribution in [3.63, 3.8) is 0 Å². The average Bonchev–Trinajstić information content (AvgIpc) is 2.55. The first-order chi connectivity index (χ1) is 8.65. The molecule has 0 amide bonds. The fourth-order valence-electron chi connectivity index (χ4n) is 3.57. The van der Waals surface area contributed by atoms with E-state index in [1.54, 1.807) is 0 Å². The molecule has 2 heteroatoms. The van der Waals surface area contributed by atoms with Gasteiger partial charge in [-0.3, -0.25) is 0 Å². The number of piperidine rings is 1. The molecule has 0 aromatic rings. The number of hydrogen-bond acceptors (Lipinski definition) is 2. The van der Waals surface area contributed by atoms with Crippen LogP contribution in [0.3, 0.4) is 0 Å². The van der Waals surface area contributed by atoms with Crippen LogP contribution in [0.15, 0.2) is 0 Å². The minimum atomic E-state index is 0.727. The summed E-state index contributed by atoms with van der Waals surface area (Å²) >= 11 is 0. The first-order valence-corrected chi connectivity index (χ1v) is 8.15. The van der Waals surface area contributed by atoms with Crippen molar-refractivity contribution in [3.8, 4) is 0 Å². The second kappa shape index (κ2) is 6.91. The van der Waals surface area contributed by atoms with E-state index in [2.05, 4.69) is 31.0 Å². The Hall–Kier alpha value is -0.0800. The summed E-state index contributed by atoms with van der Waals surface area (Å²) in [7, 11) is 0. The normalized spacial score (nSPS) is 32.7. The van der Waals surface area contributed by atoms with Crippen molar-refractivity contribution < 1.29 is 0 Å². The summed E-state index contributed by atoms with van der Waals surface area (Å²) in [6.07, 6.45) is 9.84. The molecule has 1 saturated heterocycles. The lowest BCUT2D eigenvalue weighted by Gasteiger charge is -2.36. The molecule has 2 rings (SSSR count). The Morgan fingerprint density at radius 1 is 0.889 bits per heavy atom. The van der Waals surface area contributed by atoms with E-state index in [0.717, 1.165) is 24.0 Å². The second-order valence-corrected chi connectivity index (χ2v) is 6.88. The molecule has 106 valence electrons. The molecule has 0 radical (unpaired) electrons. The molecule has 1 aliphatic carbocycles. The first-order valence-electron chi connectivity index (χ1n) is 8.15. The highest BCUT2D eigenvalue weighted by Gasteiger charge is 2.24. The molecule has 1 N–H and O–H groups in total. The minimum absolute atomic E-state index is 0.727. The van der Waals surface area contributed by atoms with Crippen LogP contribution in [0.2, 0.25) is 0 Å². The third-order valence-corrected chi connectivity index (χ3v) is 4.99. The van der Waals surface area contributed by atoms with Crippen LogP contribution in [0.1, 0.15) is 65.7 Å². The van der Waals surface area contributed by atoms with Gasteiger partial charge in [0.05, 0.1) is 0 Å². The fourth-order valence-corrected chi connectivity index (χ4v) is 3.57. The zero-order chi connectivity index (χ0) is 13.0. The SMILES string of the molecule is CC1CCCC(NC2CCN(C(C)C)CC2)CC1. The van der Waals surface area contributed by atoms with Gasteiger partial charge < -0.3 is 10.2 Å². The van der Waals surface area contributed by atoms with Gasteiger partial charge in [0.15, 0.2) is 0 Å². The van der Waals surface area contributed by atoms with Crippen molar-refractivity contribution in [3.05, 3.63) is 0 Å². The van der Waals surface area contributed by atoms with Gasteiger partial charge in [0.25, 0.3) is 0 Å². The van der Waals surface area contributed by atoms with E-state index in [-0.39, 0.29) is 0 Å². The summed E-state index contributed by atoms with van der Waals surface area (Å²) in [6, 6.07) is 2.33. The molecule has 2 aliphatic rings. The molecule has 2 unspecified atom stereocenters. The van der Waals surface area contributed by atoms with Gasteiger partial charge in [-0.1, -0.05) is 19.8 Å². The number of rotatable bonds is 3. The summed E-state index contributed by atoms with van der Waals surface area (Å²) in [5.41, 5.74) is 0. The number of nitrogens with one attached hydrogen (secondary N) is 1. The van der Waals surface area contributed by atoms with Crippen molar-refractivity contribution in [2.75, 3.05) is 13.1 Å².